The zero-order valence-corrected chi connectivity index (χ0v) is 12.8. The van der Waals surface area contributed by atoms with Crippen molar-refractivity contribution in [3.05, 3.63) is 23.5 Å². The summed E-state index contributed by atoms with van der Waals surface area (Å²) in [7, 11) is -3.84. The number of nitrogen functional groups attached to an aromatic ring is 1. The Kier molecular flexibility index (Phi) is 4.85. The van der Waals surface area contributed by atoms with Gasteiger partial charge in [0.2, 0.25) is 10.0 Å². The third-order valence-electron chi connectivity index (χ3n) is 4.01. The van der Waals surface area contributed by atoms with Gasteiger partial charge in [0.1, 0.15) is 5.82 Å². The molecule has 0 saturated heterocycles. The molecule has 1 aliphatic carbocycles. The number of aliphatic hydroxyl groups is 1. The molecule has 1 aromatic carbocycles. The number of nitrogens with two attached hydrogens (primary N) is 1. The van der Waals surface area contributed by atoms with Gasteiger partial charge in [0, 0.05) is 17.8 Å². The number of sulfonamides is 1. The fraction of sp³-hybridized carbons (Fsp3) is 0.571. The van der Waals surface area contributed by atoms with E-state index in [1.54, 1.807) is 0 Å². The quantitative estimate of drug-likeness (QED) is 0.735. The molecule has 0 amide bonds. The van der Waals surface area contributed by atoms with Crippen LogP contribution in [-0.4, -0.2) is 26.2 Å². The average Bonchev–Trinajstić information content (AvgIpc) is 2.42. The standard InChI is InChI=1S/C14H21FN2O3S/c1-9-12(15)6-11(16)7-14(9)21(19,20)17-8-10-4-2-3-5-13(10)18/h6-7,10,13,17-18H,2-5,8,16H2,1H3. The second-order valence-electron chi connectivity index (χ2n) is 5.59. The van der Waals surface area contributed by atoms with Gasteiger partial charge in [-0.2, -0.15) is 0 Å². The fourth-order valence-corrected chi connectivity index (χ4v) is 4.05. The molecule has 1 saturated carbocycles. The Hall–Kier alpha value is -1.18. The van der Waals surface area contributed by atoms with Crippen molar-refractivity contribution in [2.45, 2.75) is 43.6 Å². The highest BCUT2D eigenvalue weighted by atomic mass is 32.2. The van der Waals surface area contributed by atoms with E-state index in [2.05, 4.69) is 4.72 Å². The van der Waals surface area contributed by atoms with Gasteiger partial charge in [-0.25, -0.2) is 17.5 Å². The Morgan fingerprint density at radius 1 is 1.38 bits per heavy atom. The van der Waals surface area contributed by atoms with Gasteiger partial charge in [-0.3, -0.25) is 0 Å². The molecule has 2 unspecified atom stereocenters. The van der Waals surface area contributed by atoms with E-state index in [0.717, 1.165) is 25.3 Å². The second kappa shape index (κ2) is 6.29. The van der Waals surface area contributed by atoms with E-state index in [-0.39, 0.29) is 28.6 Å². The molecule has 0 spiro atoms. The maximum atomic E-state index is 13.6. The third kappa shape index (κ3) is 3.72. The van der Waals surface area contributed by atoms with Crippen molar-refractivity contribution < 1.29 is 17.9 Å². The van der Waals surface area contributed by atoms with Crippen molar-refractivity contribution in [1.29, 1.82) is 0 Å². The van der Waals surface area contributed by atoms with Gasteiger partial charge in [0.25, 0.3) is 0 Å². The average molecular weight is 316 g/mol. The van der Waals surface area contributed by atoms with Crippen LogP contribution in [0.4, 0.5) is 10.1 Å². The molecule has 2 atom stereocenters. The Morgan fingerprint density at radius 2 is 2.05 bits per heavy atom. The van der Waals surface area contributed by atoms with Gasteiger partial charge in [0.05, 0.1) is 11.0 Å². The molecule has 1 fully saturated rings. The minimum Gasteiger partial charge on any atom is -0.399 e. The van der Waals surface area contributed by atoms with Crippen LogP contribution in [0.3, 0.4) is 0 Å². The highest BCUT2D eigenvalue weighted by molar-refractivity contribution is 7.89. The highest BCUT2D eigenvalue weighted by Gasteiger charge is 2.26. The first-order valence-corrected chi connectivity index (χ1v) is 8.53. The molecule has 0 aromatic heterocycles. The normalized spacial score (nSPS) is 23.2. The third-order valence-corrected chi connectivity index (χ3v) is 5.56. The van der Waals surface area contributed by atoms with Crippen LogP contribution in [0.5, 0.6) is 0 Å². The van der Waals surface area contributed by atoms with E-state index in [9.17, 15) is 17.9 Å². The number of aliphatic hydroxyl groups excluding tert-OH is 1. The van der Waals surface area contributed by atoms with E-state index in [0.29, 0.717) is 6.42 Å². The molecule has 1 aliphatic rings. The summed E-state index contributed by atoms with van der Waals surface area (Å²) in [5, 5.41) is 9.86. The SMILES string of the molecule is Cc1c(F)cc(N)cc1S(=O)(=O)NCC1CCCCC1O. The van der Waals surface area contributed by atoms with E-state index in [1.807, 2.05) is 0 Å². The molecule has 118 valence electrons. The molecule has 4 N–H and O–H groups in total. The molecule has 0 radical (unpaired) electrons. The number of rotatable bonds is 4. The first kappa shape index (κ1) is 16.2. The largest absolute Gasteiger partial charge is 0.399 e. The molecular weight excluding hydrogens is 295 g/mol. The molecule has 5 nitrogen and oxygen atoms in total. The van der Waals surface area contributed by atoms with E-state index < -0.39 is 21.9 Å². The molecule has 21 heavy (non-hydrogen) atoms. The van der Waals surface area contributed by atoms with E-state index >= 15 is 0 Å². The smallest absolute Gasteiger partial charge is 0.241 e. The lowest BCUT2D eigenvalue weighted by molar-refractivity contribution is 0.0724. The van der Waals surface area contributed by atoms with Gasteiger partial charge >= 0.3 is 0 Å². The molecular formula is C14H21FN2O3S. The van der Waals surface area contributed by atoms with Crippen LogP contribution in [0.2, 0.25) is 0 Å². The number of hydrogen-bond donors (Lipinski definition) is 3. The molecule has 2 rings (SSSR count). The summed E-state index contributed by atoms with van der Waals surface area (Å²) in [6.45, 7) is 1.55. The topological polar surface area (TPSA) is 92.4 Å². The number of nitrogens with one attached hydrogen (secondary N) is 1. The van der Waals surface area contributed by atoms with Crippen LogP contribution >= 0.6 is 0 Å². The van der Waals surface area contributed by atoms with Gasteiger partial charge in [-0.05, 0) is 37.8 Å². The summed E-state index contributed by atoms with van der Waals surface area (Å²) < 4.78 is 40.7. The van der Waals surface area contributed by atoms with Gasteiger partial charge in [-0.15, -0.1) is 0 Å². The van der Waals surface area contributed by atoms with Crippen molar-refractivity contribution in [1.82, 2.24) is 4.72 Å². The number of halogens is 1. The van der Waals surface area contributed by atoms with Crippen LogP contribution < -0.4 is 10.5 Å². The Labute approximate surface area is 124 Å². The second-order valence-corrected chi connectivity index (χ2v) is 7.33. The van der Waals surface area contributed by atoms with Crippen LogP contribution in [0.25, 0.3) is 0 Å². The van der Waals surface area contributed by atoms with Crippen molar-refractivity contribution in [3.8, 4) is 0 Å². The zero-order valence-electron chi connectivity index (χ0n) is 12.0. The maximum absolute atomic E-state index is 13.6. The minimum absolute atomic E-state index is 0.0425. The van der Waals surface area contributed by atoms with E-state index in [1.165, 1.54) is 13.0 Å². The molecule has 7 heteroatoms. The lowest BCUT2D eigenvalue weighted by atomic mass is 9.87. The number of benzene rings is 1. The highest BCUT2D eigenvalue weighted by Crippen LogP contribution is 2.25. The van der Waals surface area contributed by atoms with Gasteiger partial charge in [-0.1, -0.05) is 12.8 Å². The minimum atomic E-state index is -3.84. The first-order valence-electron chi connectivity index (χ1n) is 7.04. The maximum Gasteiger partial charge on any atom is 0.241 e. The van der Waals surface area contributed by atoms with Crippen molar-refractivity contribution >= 4 is 15.7 Å². The number of anilines is 1. The molecule has 0 bridgehead atoms. The number of hydrogen-bond acceptors (Lipinski definition) is 4. The first-order chi connectivity index (χ1) is 9.81. The molecule has 1 aromatic rings. The van der Waals surface area contributed by atoms with Crippen molar-refractivity contribution in [2.75, 3.05) is 12.3 Å². The van der Waals surface area contributed by atoms with Crippen LogP contribution in [0, 0.1) is 18.7 Å². The molecule has 0 heterocycles. The lowest BCUT2D eigenvalue weighted by Crippen LogP contribution is -2.37. The fourth-order valence-electron chi connectivity index (χ4n) is 2.67. The summed E-state index contributed by atoms with van der Waals surface area (Å²) in [6.07, 6.45) is 2.94. The predicted molar refractivity (Wildman–Crippen MR) is 78.7 cm³/mol. The van der Waals surface area contributed by atoms with E-state index in [4.69, 9.17) is 5.73 Å². The summed E-state index contributed by atoms with van der Waals surface area (Å²) >= 11 is 0. The predicted octanol–water partition coefficient (Wildman–Crippen LogP) is 1.55. The summed E-state index contributed by atoms with van der Waals surface area (Å²) in [4.78, 5) is -0.148. The monoisotopic (exact) mass is 316 g/mol. The van der Waals surface area contributed by atoms with Crippen LogP contribution in [0.15, 0.2) is 17.0 Å². The van der Waals surface area contributed by atoms with Crippen molar-refractivity contribution in [2.24, 2.45) is 5.92 Å². The summed E-state index contributed by atoms with van der Waals surface area (Å²) in [6, 6.07) is 2.34. The van der Waals surface area contributed by atoms with Gasteiger partial charge in [0.15, 0.2) is 0 Å². The Bertz CT molecular complexity index is 619. The molecule has 0 aliphatic heterocycles. The van der Waals surface area contributed by atoms with Crippen molar-refractivity contribution in [3.63, 3.8) is 0 Å². The Balaban J connectivity index is 2.15. The Morgan fingerprint density at radius 3 is 2.71 bits per heavy atom. The van der Waals surface area contributed by atoms with Gasteiger partial charge < -0.3 is 10.8 Å². The lowest BCUT2D eigenvalue weighted by Gasteiger charge is -2.27. The summed E-state index contributed by atoms with van der Waals surface area (Å²) in [5.74, 6) is -0.743. The van der Waals surface area contributed by atoms with Crippen LogP contribution in [-0.2, 0) is 10.0 Å². The van der Waals surface area contributed by atoms with Crippen LogP contribution in [0.1, 0.15) is 31.2 Å². The zero-order chi connectivity index (χ0) is 15.6. The summed E-state index contributed by atoms with van der Waals surface area (Å²) in [5.41, 5.74) is 5.62.